The van der Waals surface area contributed by atoms with Crippen molar-refractivity contribution in [3.05, 3.63) is 47.1 Å². The number of carboxylic acids is 1. The summed E-state index contributed by atoms with van der Waals surface area (Å²) in [4.78, 5) is 10.6. The highest BCUT2D eigenvalue weighted by Gasteiger charge is 2.40. The number of rotatable bonds is 12. The third kappa shape index (κ3) is 9.47. The fourth-order valence-corrected chi connectivity index (χ4v) is 4.39. The number of aliphatic carboxylic acids is 1. The third-order valence-corrected chi connectivity index (χ3v) is 6.73. The minimum absolute atomic E-state index is 0.0735. The molecule has 0 heterocycles. The number of aliphatic hydroxyl groups excluding tert-OH is 1. The maximum atomic E-state index is 10.6. The zero-order valence-corrected chi connectivity index (χ0v) is 20.0. The Bertz CT molecular complexity index is 664. The van der Waals surface area contributed by atoms with E-state index in [-0.39, 0.29) is 17.9 Å². The Balaban J connectivity index is 2.34. The molecule has 0 aromatic carbocycles. The van der Waals surface area contributed by atoms with Crippen LogP contribution in [0.4, 0.5) is 0 Å². The molecule has 1 fully saturated rings. The van der Waals surface area contributed by atoms with E-state index < -0.39 is 5.97 Å². The molecular weight excluding hydrogens is 372 g/mol. The van der Waals surface area contributed by atoms with Crippen LogP contribution in [-0.4, -0.2) is 22.3 Å². The maximum Gasteiger partial charge on any atom is 0.303 e. The van der Waals surface area contributed by atoms with Gasteiger partial charge in [-0.15, -0.1) is 0 Å². The Hall–Kier alpha value is -1.61. The lowest BCUT2D eigenvalue weighted by atomic mass is 9.63. The highest BCUT2D eigenvalue weighted by molar-refractivity contribution is 5.66. The Morgan fingerprint density at radius 1 is 0.967 bits per heavy atom. The van der Waals surface area contributed by atoms with Crippen LogP contribution in [0.15, 0.2) is 47.1 Å². The summed E-state index contributed by atoms with van der Waals surface area (Å²) < 4.78 is 0. The van der Waals surface area contributed by atoms with Crippen LogP contribution >= 0.6 is 0 Å². The van der Waals surface area contributed by atoms with Gasteiger partial charge in [0.05, 0.1) is 6.10 Å². The van der Waals surface area contributed by atoms with E-state index in [1.807, 2.05) is 6.92 Å². The largest absolute Gasteiger partial charge is 0.481 e. The molecule has 3 nitrogen and oxygen atoms in total. The molecule has 2 unspecified atom stereocenters. The minimum atomic E-state index is -0.729. The van der Waals surface area contributed by atoms with E-state index in [1.54, 1.807) is 0 Å². The van der Waals surface area contributed by atoms with Crippen LogP contribution in [0.2, 0.25) is 0 Å². The smallest absolute Gasteiger partial charge is 0.303 e. The Kier molecular flexibility index (Phi) is 11.4. The van der Waals surface area contributed by atoms with Gasteiger partial charge in [-0.25, -0.2) is 0 Å². The van der Waals surface area contributed by atoms with Crippen molar-refractivity contribution in [2.75, 3.05) is 0 Å². The lowest BCUT2D eigenvalue weighted by Crippen LogP contribution is -2.41. The van der Waals surface area contributed by atoms with Gasteiger partial charge in [-0.1, -0.05) is 60.9 Å². The first kappa shape index (κ1) is 26.4. The molecular formula is C27H44O3. The van der Waals surface area contributed by atoms with E-state index in [2.05, 4.69) is 52.5 Å². The van der Waals surface area contributed by atoms with Crippen molar-refractivity contribution >= 4 is 5.97 Å². The second-order valence-electron chi connectivity index (χ2n) is 9.79. The first-order valence-corrected chi connectivity index (χ1v) is 11.6. The molecule has 1 aliphatic carbocycles. The van der Waals surface area contributed by atoms with Gasteiger partial charge in [0.15, 0.2) is 0 Å². The van der Waals surface area contributed by atoms with E-state index in [4.69, 9.17) is 5.11 Å². The molecule has 3 heteroatoms. The van der Waals surface area contributed by atoms with E-state index in [0.717, 1.165) is 51.4 Å². The third-order valence-electron chi connectivity index (χ3n) is 6.73. The summed E-state index contributed by atoms with van der Waals surface area (Å²) in [5, 5.41) is 19.1. The summed E-state index contributed by atoms with van der Waals surface area (Å²) in [6, 6.07) is 0. The van der Waals surface area contributed by atoms with E-state index in [1.165, 1.54) is 22.3 Å². The zero-order valence-electron chi connectivity index (χ0n) is 20.0. The predicted octanol–water partition coefficient (Wildman–Crippen LogP) is 7.38. The van der Waals surface area contributed by atoms with Gasteiger partial charge >= 0.3 is 5.97 Å². The van der Waals surface area contributed by atoms with Crippen molar-refractivity contribution in [2.45, 2.75) is 105 Å². The van der Waals surface area contributed by atoms with Gasteiger partial charge in [-0.05, 0) is 89.9 Å². The fourth-order valence-electron chi connectivity index (χ4n) is 4.39. The average molecular weight is 417 g/mol. The average Bonchev–Trinajstić information content (AvgIpc) is 2.66. The zero-order chi connectivity index (χ0) is 22.7. The molecule has 0 saturated heterocycles. The second kappa shape index (κ2) is 12.9. The number of allylic oxidation sites excluding steroid dienone is 7. The summed E-state index contributed by atoms with van der Waals surface area (Å²) in [7, 11) is 0. The number of hydrogen-bond acceptors (Lipinski definition) is 2. The Morgan fingerprint density at radius 2 is 1.50 bits per heavy atom. The van der Waals surface area contributed by atoms with Crippen LogP contribution < -0.4 is 0 Å². The first-order valence-electron chi connectivity index (χ1n) is 11.6. The highest BCUT2D eigenvalue weighted by Crippen LogP contribution is 2.45. The minimum Gasteiger partial charge on any atom is -0.481 e. The van der Waals surface area contributed by atoms with Gasteiger partial charge in [-0.3, -0.25) is 4.79 Å². The quantitative estimate of drug-likeness (QED) is 0.258. The molecule has 0 bridgehead atoms. The molecule has 170 valence electrons. The normalized spacial score (nSPS) is 23.0. The van der Waals surface area contributed by atoms with Gasteiger partial charge < -0.3 is 10.2 Å². The van der Waals surface area contributed by atoms with Gasteiger partial charge in [-0.2, -0.15) is 0 Å². The van der Waals surface area contributed by atoms with Crippen LogP contribution in [0, 0.1) is 11.3 Å². The van der Waals surface area contributed by atoms with Crippen LogP contribution in [0.25, 0.3) is 0 Å². The summed E-state index contributed by atoms with van der Waals surface area (Å²) in [6.07, 6.45) is 15.6. The maximum absolute atomic E-state index is 10.6. The molecule has 0 spiro atoms. The van der Waals surface area contributed by atoms with Crippen LogP contribution in [0.1, 0.15) is 98.8 Å². The van der Waals surface area contributed by atoms with E-state index in [9.17, 15) is 9.90 Å². The van der Waals surface area contributed by atoms with Gasteiger partial charge in [0.25, 0.3) is 0 Å². The molecule has 0 aliphatic heterocycles. The van der Waals surface area contributed by atoms with Crippen LogP contribution in [0.3, 0.4) is 0 Å². The molecule has 1 rings (SSSR count). The SMILES string of the molecule is C=C1CCC(O)C(C)(C)C1CC/C(C)=C/CC/C=C(\C)CC/C=C(\C)CCC(=O)O. The van der Waals surface area contributed by atoms with Crippen LogP contribution in [0.5, 0.6) is 0 Å². The van der Waals surface area contributed by atoms with Crippen molar-refractivity contribution in [3.63, 3.8) is 0 Å². The molecule has 1 aliphatic rings. The lowest BCUT2D eigenvalue weighted by Gasteiger charge is -2.44. The highest BCUT2D eigenvalue weighted by atomic mass is 16.4. The predicted molar refractivity (Wildman–Crippen MR) is 127 cm³/mol. The van der Waals surface area contributed by atoms with Crippen molar-refractivity contribution in [2.24, 2.45) is 11.3 Å². The molecule has 2 N–H and O–H groups in total. The summed E-state index contributed by atoms with van der Waals surface area (Å²) in [5.74, 6) is -0.328. The standard InChI is InChI=1S/C27H44O3/c1-20(12-9-13-22(3)15-19-26(29)30)10-7-8-11-21(2)14-17-24-23(4)16-18-25(28)27(24,5)6/h10-11,13,24-25,28H,4,7-9,12,14-19H2,1-3,5-6H3,(H,29,30)/b20-10+,21-11+,22-13+. The van der Waals surface area contributed by atoms with Gasteiger partial charge in [0.1, 0.15) is 0 Å². The topological polar surface area (TPSA) is 57.5 Å². The molecule has 0 amide bonds. The monoisotopic (exact) mass is 416 g/mol. The van der Waals surface area contributed by atoms with Crippen molar-refractivity contribution in [3.8, 4) is 0 Å². The number of unbranched alkanes of at least 4 members (excludes halogenated alkanes) is 1. The van der Waals surface area contributed by atoms with E-state index in [0.29, 0.717) is 12.3 Å². The number of aliphatic hydroxyl groups is 1. The molecule has 30 heavy (non-hydrogen) atoms. The van der Waals surface area contributed by atoms with Gasteiger partial charge in [0, 0.05) is 6.42 Å². The molecule has 0 radical (unpaired) electrons. The fraction of sp³-hybridized carbons (Fsp3) is 0.667. The van der Waals surface area contributed by atoms with E-state index >= 15 is 0 Å². The summed E-state index contributed by atoms with van der Waals surface area (Å²) in [6.45, 7) is 15.1. The molecule has 2 atom stereocenters. The van der Waals surface area contributed by atoms with Crippen molar-refractivity contribution in [1.29, 1.82) is 0 Å². The molecule has 1 saturated carbocycles. The molecule has 0 aromatic rings. The number of carbonyl (C=O) groups is 1. The molecule has 0 aromatic heterocycles. The number of hydrogen-bond donors (Lipinski definition) is 2. The van der Waals surface area contributed by atoms with Crippen molar-refractivity contribution in [1.82, 2.24) is 0 Å². The Morgan fingerprint density at radius 3 is 2.10 bits per heavy atom. The number of carboxylic acid groups (broad SMARTS) is 1. The van der Waals surface area contributed by atoms with Crippen molar-refractivity contribution < 1.29 is 15.0 Å². The van der Waals surface area contributed by atoms with Crippen LogP contribution in [-0.2, 0) is 4.79 Å². The lowest BCUT2D eigenvalue weighted by molar-refractivity contribution is -0.136. The first-order chi connectivity index (χ1) is 14.0. The summed E-state index contributed by atoms with van der Waals surface area (Å²) in [5.41, 5.74) is 5.24. The summed E-state index contributed by atoms with van der Waals surface area (Å²) >= 11 is 0. The second-order valence-corrected chi connectivity index (χ2v) is 9.79. The van der Waals surface area contributed by atoms with Gasteiger partial charge in [0.2, 0.25) is 0 Å². The Labute approximate surface area is 184 Å².